The van der Waals surface area contributed by atoms with Crippen LogP contribution >= 0.6 is 11.6 Å². The highest BCUT2D eigenvalue weighted by Crippen LogP contribution is 2.31. The van der Waals surface area contributed by atoms with Crippen molar-refractivity contribution in [3.63, 3.8) is 0 Å². The molecule has 0 spiro atoms. The number of likely N-dealkylation sites (tertiary alicyclic amines) is 1. The van der Waals surface area contributed by atoms with Gasteiger partial charge in [0.25, 0.3) is 0 Å². The normalized spacial score (nSPS) is 21.3. The van der Waals surface area contributed by atoms with E-state index in [4.69, 9.17) is 11.6 Å². The van der Waals surface area contributed by atoms with Gasteiger partial charge in [0.05, 0.1) is 5.41 Å². The van der Waals surface area contributed by atoms with Crippen LogP contribution in [0.25, 0.3) is 0 Å². The molecule has 1 saturated heterocycles. The number of hydrogen-bond acceptors (Lipinski definition) is 2. The average Bonchev–Trinajstić information content (AvgIpc) is 2.21. The van der Waals surface area contributed by atoms with Gasteiger partial charge < -0.3 is 0 Å². The maximum atomic E-state index is 11.6. The van der Waals surface area contributed by atoms with Crippen molar-refractivity contribution in [3.05, 3.63) is 0 Å². The van der Waals surface area contributed by atoms with Gasteiger partial charge in [-0.2, -0.15) is 0 Å². The van der Waals surface area contributed by atoms with E-state index >= 15 is 0 Å². The predicted molar refractivity (Wildman–Crippen MR) is 50.5 cm³/mol. The summed E-state index contributed by atoms with van der Waals surface area (Å²) in [5.74, 6) is 0.347. The highest BCUT2D eigenvalue weighted by atomic mass is 35.5. The Morgan fingerprint density at radius 2 is 2.08 bits per heavy atom. The van der Waals surface area contributed by atoms with Crippen LogP contribution in [-0.2, 0) is 9.59 Å². The lowest BCUT2D eigenvalue weighted by Crippen LogP contribution is -2.34. The van der Waals surface area contributed by atoms with E-state index in [0.717, 1.165) is 0 Å². The van der Waals surface area contributed by atoms with Gasteiger partial charge in [-0.15, -0.1) is 11.6 Å². The summed E-state index contributed by atoms with van der Waals surface area (Å²) in [5.41, 5.74) is -0.511. The quantitative estimate of drug-likeness (QED) is 0.514. The van der Waals surface area contributed by atoms with Gasteiger partial charge in [-0.25, -0.2) is 0 Å². The standard InChI is InChI=1S/C9H14ClNO2/c1-9(2)6-7(12)11(8(9)13)5-3-4-10/h3-6H2,1-2H3. The van der Waals surface area contributed by atoms with Crippen molar-refractivity contribution >= 4 is 23.4 Å². The summed E-state index contributed by atoms with van der Waals surface area (Å²) in [4.78, 5) is 24.3. The molecule has 1 fully saturated rings. The van der Waals surface area contributed by atoms with Crippen molar-refractivity contribution in [3.8, 4) is 0 Å². The van der Waals surface area contributed by atoms with Gasteiger partial charge in [-0.3, -0.25) is 14.5 Å². The first-order valence-electron chi connectivity index (χ1n) is 4.40. The lowest BCUT2D eigenvalue weighted by atomic mass is 9.92. The molecule has 1 aliphatic heterocycles. The van der Waals surface area contributed by atoms with E-state index in [1.807, 2.05) is 0 Å². The Labute approximate surface area is 83.0 Å². The van der Waals surface area contributed by atoms with E-state index in [1.54, 1.807) is 13.8 Å². The zero-order valence-corrected chi connectivity index (χ0v) is 8.73. The SMILES string of the molecule is CC1(C)CC(=O)N(CCCCl)C1=O. The van der Waals surface area contributed by atoms with Crippen LogP contribution < -0.4 is 0 Å². The van der Waals surface area contributed by atoms with Gasteiger partial charge in [0.1, 0.15) is 0 Å². The van der Waals surface area contributed by atoms with Gasteiger partial charge in [-0.05, 0) is 6.42 Å². The zero-order chi connectivity index (χ0) is 10.1. The Balaban J connectivity index is 2.66. The van der Waals surface area contributed by atoms with Crippen molar-refractivity contribution in [2.45, 2.75) is 26.7 Å². The van der Waals surface area contributed by atoms with Gasteiger partial charge in [0, 0.05) is 18.8 Å². The highest BCUT2D eigenvalue weighted by Gasteiger charge is 2.44. The molecule has 0 saturated carbocycles. The minimum absolute atomic E-state index is 0.0670. The summed E-state index contributed by atoms with van der Waals surface area (Å²) < 4.78 is 0. The Bertz CT molecular complexity index is 238. The molecule has 2 amide bonds. The van der Waals surface area contributed by atoms with E-state index in [0.29, 0.717) is 25.3 Å². The van der Waals surface area contributed by atoms with E-state index in [1.165, 1.54) is 4.90 Å². The molecular weight excluding hydrogens is 190 g/mol. The van der Waals surface area contributed by atoms with Crippen LogP contribution in [0.15, 0.2) is 0 Å². The largest absolute Gasteiger partial charge is 0.282 e. The average molecular weight is 204 g/mol. The van der Waals surface area contributed by atoms with E-state index < -0.39 is 5.41 Å². The van der Waals surface area contributed by atoms with Crippen molar-refractivity contribution in [2.24, 2.45) is 5.41 Å². The van der Waals surface area contributed by atoms with Gasteiger partial charge in [0.15, 0.2) is 0 Å². The Hall–Kier alpha value is -0.570. The van der Waals surface area contributed by atoms with E-state index in [2.05, 4.69) is 0 Å². The fourth-order valence-corrected chi connectivity index (χ4v) is 1.59. The van der Waals surface area contributed by atoms with Crippen LogP contribution in [0.4, 0.5) is 0 Å². The topological polar surface area (TPSA) is 37.4 Å². The molecule has 0 bridgehead atoms. The lowest BCUT2D eigenvalue weighted by molar-refractivity contribution is -0.140. The molecule has 3 nitrogen and oxygen atoms in total. The van der Waals surface area contributed by atoms with E-state index in [9.17, 15) is 9.59 Å². The van der Waals surface area contributed by atoms with Crippen LogP contribution in [0.3, 0.4) is 0 Å². The summed E-state index contributed by atoms with van der Waals surface area (Å²) in [7, 11) is 0. The monoisotopic (exact) mass is 203 g/mol. The molecule has 0 N–H and O–H groups in total. The number of carbonyl (C=O) groups is 2. The number of alkyl halides is 1. The predicted octanol–water partition coefficient (Wildman–Crippen LogP) is 1.40. The molecule has 1 aliphatic rings. The fraction of sp³-hybridized carbons (Fsp3) is 0.778. The molecule has 0 aromatic rings. The second kappa shape index (κ2) is 3.66. The summed E-state index contributed by atoms with van der Waals surface area (Å²) >= 11 is 5.50. The molecule has 0 aromatic heterocycles. The molecule has 4 heteroatoms. The molecule has 0 aliphatic carbocycles. The van der Waals surface area contributed by atoms with Gasteiger partial charge >= 0.3 is 0 Å². The lowest BCUT2D eigenvalue weighted by Gasteiger charge is -2.16. The Kier molecular flexibility index (Phi) is 2.96. The number of rotatable bonds is 3. The molecule has 0 aromatic carbocycles. The molecule has 1 heterocycles. The third kappa shape index (κ3) is 2.02. The minimum atomic E-state index is -0.511. The first-order valence-corrected chi connectivity index (χ1v) is 4.93. The Morgan fingerprint density at radius 3 is 2.46 bits per heavy atom. The molecular formula is C9H14ClNO2. The number of nitrogens with zero attached hydrogens (tertiary/aromatic N) is 1. The number of halogens is 1. The third-order valence-corrected chi connectivity index (χ3v) is 2.50. The summed E-state index contributed by atoms with van der Waals surface area (Å²) in [5, 5.41) is 0. The summed E-state index contributed by atoms with van der Waals surface area (Å²) in [6.07, 6.45) is 1.00. The second-order valence-electron chi connectivity index (χ2n) is 3.95. The van der Waals surface area contributed by atoms with Crippen LogP contribution in [0.2, 0.25) is 0 Å². The molecule has 13 heavy (non-hydrogen) atoms. The van der Waals surface area contributed by atoms with Crippen molar-refractivity contribution in [2.75, 3.05) is 12.4 Å². The minimum Gasteiger partial charge on any atom is -0.282 e. The number of hydrogen-bond donors (Lipinski definition) is 0. The highest BCUT2D eigenvalue weighted by molar-refractivity contribution is 6.17. The summed E-state index contributed by atoms with van der Waals surface area (Å²) in [6.45, 7) is 4.06. The maximum absolute atomic E-state index is 11.6. The van der Waals surface area contributed by atoms with Crippen molar-refractivity contribution in [1.29, 1.82) is 0 Å². The van der Waals surface area contributed by atoms with Gasteiger partial charge in [0.2, 0.25) is 11.8 Å². The third-order valence-electron chi connectivity index (χ3n) is 2.23. The Morgan fingerprint density at radius 1 is 1.46 bits per heavy atom. The second-order valence-corrected chi connectivity index (χ2v) is 4.33. The first-order chi connectivity index (χ1) is 5.99. The first kappa shape index (κ1) is 10.5. The molecule has 0 atom stereocenters. The van der Waals surface area contributed by atoms with Crippen molar-refractivity contribution < 1.29 is 9.59 Å². The van der Waals surface area contributed by atoms with Crippen LogP contribution in [0.5, 0.6) is 0 Å². The molecule has 0 unspecified atom stereocenters. The number of imide groups is 1. The maximum Gasteiger partial charge on any atom is 0.235 e. The number of amides is 2. The fourth-order valence-electron chi connectivity index (χ4n) is 1.47. The van der Waals surface area contributed by atoms with E-state index in [-0.39, 0.29) is 11.8 Å². The molecule has 0 radical (unpaired) electrons. The molecule has 74 valence electrons. The zero-order valence-electron chi connectivity index (χ0n) is 7.97. The van der Waals surface area contributed by atoms with Gasteiger partial charge in [-0.1, -0.05) is 13.8 Å². The number of carbonyl (C=O) groups excluding carboxylic acids is 2. The van der Waals surface area contributed by atoms with Crippen LogP contribution in [-0.4, -0.2) is 29.1 Å². The summed E-state index contributed by atoms with van der Waals surface area (Å²) in [6, 6.07) is 0. The smallest absolute Gasteiger partial charge is 0.235 e. The van der Waals surface area contributed by atoms with Crippen LogP contribution in [0, 0.1) is 5.41 Å². The molecule has 1 rings (SSSR count). The van der Waals surface area contributed by atoms with Crippen LogP contribution in [0.1, 0.15) is 26.7 Å². The van der Waals surface area contributed by atoms with Crippen molar-refractivity contribution in [1.82, 2.24) is 4.90 Å².